The molecule has 7 heteroatoms. The Hall–Kier alpha value is -2.02. The van der Waals surface area contributed by atoms with Gasteiger partial charge >= 0.3 is 0 Å². The number of nitrogens with zero attached hydrogens (tertiary/aromatic N) is 5. The van der Waals surface area contributed by atoms with Gasteiger partial charge in [0.25, 0.3) is 0 Å². The van der Waals surface area contributed by atoms with Crippen LogP contribution in [0.5, 0.6) is 0 Å². The smallest absolute Gasteiger partial charge is 0.159 e. The molecule has 0 saturated heterocycles. The summed E-state index contributed by atoms with van der Waals surface area (Å²) in [4.78, 5) is 9.48. The molecule has 2 aromatic heterocycles. The number of anilines is 1. The van der Waals surface area contributed by atoms with Gasteiger partial charge in [0.2, 0.25) is 0 Å². The lowest BCUT2D eigenvalue weighted by Crippen LogP contribution is -2.20. The molecule has 1 N–H and O–H groups in total. The first kappa shape index (κ1) is 13.4. The Morgan fingerprint density at radius 3 is 2.83 bits per heavy atom. The number of aromatic nitrogens is 5. The molecule has 2 saturated carbocycles. The van der Waals surface area contributed by atoms with Crippen LogP contribution in [0.25, 0.3) is 0 Å². The highest BCUT2D eigenvalue weighted by molar-refractivity contribution is 5.39. The molecule has 2 aromatic rings. The van der Waals surface area contributed by atoms with Gasteiger partial charge in [-0.05, 0) is 25.7 Å². The Morgan fingerprint density at radius 1 is 1.13 bits per heavy atom. The molecule has 23 heavy (non-hydrogen) atoms. The van der Waals surface area contributed by atoms with Gasteiger partial charge in [0, 0.05) is 30.1 Å². The van der Waals surface area contributed by atoms with Crippen LogP contribution in [-0.4, -0.2) is 31.3 Å². The maximum absolute atomic E-state index is 5.41. The van der Waals surface area contributed by atoms with Crippen LogP contribution >= 0.6 is 0 Å². The number of ether oxygens (including phenoxy) is 1. The van der Waals surface area contributed by atoms with Crippen LogP contribution in [0, 0.1) is 0 Å². The number of hydrogen-bond acceptors (Lipinski definition) is 6. The second kappa shape index (κ2) is 5.26. The van der Waals surface area contributed by atoms with Crippen LogP contribution in [-0.2, 0) is 24.4 Å². The van der Waals surface area contributed by atoms with Gasteiger partial charge in [-0.15, -0.1) is 10.2 Å². The second-order valence-electron chi connectivity index (χ2n) is 6.68. The third kappa shape index (κ3) is 2.69. The SMILES string of the molecule is c1c(NCc2nnc3n2CCOC3)nc(C2CC2)nc1C1CC1. The van der Waals surface area contributed by atoms with E-state index >= 15 is 0 Å². The highest BCUT2D eigenvalue weighted by Crippen LogP contribution is 2.43. The summed E-state index contributed by atoms with van der Waals surface area (Å²) in [5, 5.41) is 11.9. The Kier molecular flexibility index (Phi) is 3.07. The van der Waals surface area contributed by atoms with Crippen molar-refractivity contribution in [3.05, 3.63) is 29.2 Å². The Morgan fingerprint density at radius 2 is 2.00 bits per heavy atom. The van der Waals surface area contributed by atoms with E-state index in [-0.39, 0.29) is 0 Å². The average Bonchev–Trinajstić information content (AvgIpc) is 3.49. The first-order valence-corrected chi connectivity index (χ1v) is 8.48. The molecule has 0 amide bonds. The predicted molar refractivity (Wildman–Crippen MR) is 83.0 cm³/mol. The van der Waals surface area contributed by atoms with Crippen LogP contribution in [0.1, 0.15) is 60.7 Å². The zero-order valence-electron chi connectivity index (χ0n) is 13.0. The van der Waals surface area contributed by atoms with Crippen LogP contribution in [0.2, 0.25) is 0 Å². The fourth-order valence-electron chi connectivity index (χ4n) is 3.05. The van der Waals surface area contributed by atoms with Gasteiger partial charge in [-0.1, -0.05) is 0 Å². The van der Waals surface area contributed by atoms with Crippen molar-refractivity contribution in [1.29, 1.82) is 0 Å². The van der Waals surface area contributed by atoms with Gasteiger partial charge in [0.1, 0.15) is 18.2 Å². The molecule has 0 unspecified atom stereocenters. The molecule has 0 aromatic carbocycles. The van der Waals surface area contributed by atoms with E-state index in [2.05, 4.69) is 26.1 Å². The number of nitrogens with one attached hydrogen (secondary N) is 1. The second-order valence-corrected chi connectivity index (χ2v) is 6.68. The summed E-state index contributed by atoms with van der Waals surface area (Å²) < 4.78 is 7.55. The van der Waals surface area contributed by atoms with E-state index in [4.69, 9.17) is 14.7 Å². The van der Waals surface area contributed by atoms with Crippen LogP contribution in [0.15, 0.2) is 6.07 Å². The quantitative estimate of drug-likeness (QED) is 0.909. The molecule has 0 atom stereocenters. The minimum atomic E-state index is 0.554. The summed E-state index contributed by atoms with van der Waals surface area (Å²) in [6.07, 6.45) is 4.98. The summed E-state index contributed by atoms with van der Waals surface area (Å²) in [5.74, 6) is 5.03. The molecule has 3 aliphatic rings. The maximum Gasteiger partial charge on any atom is 0.159 e. The zero-order chi connectivity index (χ0) is 15.2. The summed E-state index contributed by atoms with van der Waals surface area (Å²) in [6.45, 7) is 2.74. The van der Waals surface area contributed by atoms with Crippen molar-refractivity contribution in [1.82, 2.24) is 24.7 Å². The molecule has 120 valence electrons. The summed E-state index contributed by atoms with van der Waals surface area (Å²) in [6, 6.07) is 2.11. The largest absolute Gasteiger partial charge is 0.372 e. The zero-order valence-corrected chi connectivity index (χ0v) is 13.0. The molecule has 0 bridgehead atoms. The van der Waals surface area contributed by atoms with Gasteiger partial charge in [-0.2, -0.15) is 0 Å². The standard InChI is InChI=1S/C16H20N6O/c1-2-10(1)12-7-13(19-16(18-12)11-3-4-11)17-8-14-20-21-15-9-23-6-5-22(14)15/h7,10-11H,1-6,8-9H2,(H,17,18,19). The van der Waals surface area contributed by atoms with E-state index < -0.39 is 0 Å². The number of hydrogen-bond donors (Lipinski definition) is 1. The third-order valence-corrected chi connectivity index (χ3v) is 4.72. The molecule has 1 aliphatic heterocycles. The number of rotatable bonds is 5. The lowest BCUT2D eigenvalue weighted by atomic mass is 10.2. The molecular formula is C16H20N6O. The lowest BCUT2D eigenvalue weighted by Gasteiger charge is -2.16. The Bertz CT molecular complexity index is 704. The summed E-state index contributed by atoms with van der Waals surface area (Å²) >= 11 is 0. The van der Waals surface area contributed by atoms with E-state index in [1.807, 2.05) is 0 Å². The van der Waals surface area contributed by atoms with Crippen LogP contribution < -0.4 is 5.32 Å². The minimum Gasteiger partial charge on any atom is -0.372 e. The molecule has 0 radical (unpaired) electrons. The minimum absolute atomic E-state index is 0.554. The highest BCUT2D eigenvalue weighted by atomic mass is 16.5. The van der Waals surface area contributed by atoms with E-state index in [1.165, 1.54) is 31.4 Å². The van der Waals surface area contributed by atoms with Gasteiger partial charge < -0.3 is 14.6 Å². The van der Waals surface area contributed by atoms with Gasteiger partial charge in [0.05, 0.1) is 13.2 Å². The first-order chi connectivity index (χ1) is 11.4. The van der Waals surface area contributed by atoms with Gasteiger partial charge in [0.15, 0.2) is 11.6 Å². The van der Waals surface area contributed by atoms with Crippen LogP contribution in [0.3, 0.4) is 0 Å². The van der Waals surface area contributed by atoms with Crippen molar-refractivity contribution >= 4 is 5.82 Å². The molecule has 2 aliphatic carbocycles. The van der Waals surface area contributed by atoms with Crippen molar-refractivity contribution in [2.24, 2.45) is 0 Å². The van der Waals surface area contributed by atoms with Gasteiger partial charge in [-0.25, -0.2) is 9.97 Å². The Labute approximate surface area is 134 Å². The molecule has 7 nitrogen and oxygen atoms in total. The molecule has 5 rings (SSSR count). The molecular weight excluding hydrogens is 292 g/mol. The fourth-order valence-corrected chi connectivity index (χ4v) is 3.05. The normalized spacial score (nSPS) is 20.3. The van der Waals surface area contributed by atoms with Crippen molar-refractivity contribution in [3.8, 4) is 0 Å². The predicted octanol–water partition coefficient (Wildman–Crippen LogP) is 1.97. The van der Waals surface area contributed by atoms with Crippen molar-refractivity contribution in [2.45, 2.75) is 57.2 Å². The van der Waals surface area contributed by atoms with E-state index in [1.54, 1.807) is 0 Å². The van der Waals surface area contributed by atoms with E-state index in [0.29, 0.717) is 25.0 Å². The monoisotopic (exact) mass is 312 g/mol. The van der Waals surface area contributed by atoms with Crippen molar-refractivity contribution < 1.29 is 4.74 Å². The number of fused-ring (bicyclic) bond motifs is 1. The Balaban J connectivity index is 1.36. The first-order valence-electron chi connectivity index (χ1n) is 8.48. The van der Waals surface area contributed by atoms with E-state index in [0.717, 1.165) is 36.4 Å². The third-order valence-electron chi connectivity index (χ3n) is 4.72. The summed E-state index contributed by atoms with van der Waals surface area (Å²) in [7, 11) is 0. The van der Waals surface area contributed by atoms with Crippen LogP contribution in [0.4, 0.5) is 5.82 Å². The summed E-state index contributed by atoms with van der Waals surface area (Å²) in [5.41, 5.74) is 1.21. The molecule has 3 heterocycles. The van der Waals surface area contributed by atoms with E-state index in [9.17, 15) is 0 Å². The van der Waals surface area contributed by atoms with Gasteiger partial charge in [-0.3, -0.25) is 0 Å². The highest BCUT2D eigenvalue weighted by Gasteiger charge is 2.31. The van der Waals surface area contributed by atoms with Crippen molar-refractivity contribution in [3.63, 3.8) is 0 Å². The topological polar surface area (TPSA) is 77.8 Å². The van der Waals surface area contributed by atoms with Crippen molar-refractivity contribution in [2.75, 3.05) is 11.9 Å². The maximum atomic E-state index is 5.41. The molecule has 2 fully saturated rings. The molecule has 0 spiro atoms. The average molecular weight is 312 g/mol. The lowest BCUT2D eigenvalue weighted by molar-refractivity contribution is 0.0807. The fraction of sp³-hybridized carbons (Fsp3) is 0.625.